The predicted molar refractivity (Wildman–Crippen MR) is 156 cm³/mol. The number of rotatable bonds is 8. The second-order valence-electron chi connectivity index (χ2n) is 10.2. The maximum Gasteiger partial charge on any atom is 0.139 e. The number of imidazole rings is 1. The SMILES string of the molecule is COCCN1CCC(Nc2ccc3c(c2)/C(=C(\c2cccc(F)c2)c2nc(-c4ccccc4)c[nH]2)CN3)CC1. The Morgan fingerprint density at radius 1 is 1.05 bits per heavy atom. The van der Waals surface area contributed by atoms with Crippen LogP contribution in [0, 0.1) is 5.82 Å². The van der Waals surface area contributed by atoms with Crippen molar-refractivity contribution in [2.75, 3.05) is 50.5 Å². The van der Waals surface area contributed by atoms with Gasteiger partial charge in [0.05, 0.1) is 12.3 Å². The van der Waals surface area contributed by atoms with Crippen molar-refractivity contribution in [3.8, 4) is 11.3 Å². The number of fused-ring (bicyclic) bond motifs is 1. The van der Waals surface area contributed by atoms with Gasteiger partial charge in [-0.05, 0) is 54.3 Å². The predicted octanol–water partition coefficient (Wildman–Crippen LogP) is 6.12. The number of hydrogen-bond donors (Lipinski definition) is 3. The van der Waals surface area contributed by atoms with Gasteiger partial charge in [0.25, 0.3) is 0 Å². The molecule has 0 radical (unpaired) electrons. The Hall–Kier alpha value is -3.94. The molecule has 1 aromatic heterocycles. The number of aromatic nitrogens is 2. The molecule has 6 nitrogen and oxygen atoms in total. The molecule has 7 heteroatoms. The Bertz CT molecular complexity index is 1460. The normalized spacial score (nSPS) is 17.1. The zero-order valence-electron chi connectivity index (χ0n) is 22.2. The minimum Gasteiger partial charge on any atom is -0.383 e. The number of anilines is 2. The van der Waals surface area contributed by atoms with Crippen LogP contribution in [-0.2, 0) is 4.74 Å². The molecule has 3 heterocycles. The molecule has 0 bridgehead atoms. The van der Waals surface area contributed by atoms with E-state index in [1.807, 2.05) is 42.6 Å². The summed E-state index contributed by atoms with van der Waals surface area (Å²) in [6.45, 7) is 4.56. The third-order valence-corrected chi connectivity index (χ3v) is 7.67. The molecule has 0 saturated carbocycles. The highest BCUT2D eigenvalue weighted by Crippen LogP contribution is 2.40. The first-order valence-electron chi connectivity index (χ1n) is 13.6. The molecule has 1 fully saturated rings. The molecule has 0 aliphatic carbocycles. The Labute approximate surface area is 228 Å². The fourth-order valence-electron chi connectivity index (χ4n) is 5.60. The van der Waals surface area contributed by atoms with Crippen LogP contribution in [0.25, 0.3) is 22.4 Å². The Morgan fingerprint density at radius 3 is 2.69 bits per heavy atom. The van der Waals surface area contributed by atoms with Crippen molar-refractivity contribution in [1.82, 2.24) is 14.9 Å². The number of methoxy groups -OCH3 is 1. The Morgan fingerprint density at radius 2 is 1.90 bits per heavy atom. The Kier molecular flexibility index (Phi) is 7.43. The van der Waals surface area contributed by atoms with Gasteiger partial charge in [0.2, 0.25) is 0 Å². The number of piperidine rings is 1. The largest absolute Gasteiger partial charge is 0.383 e. The molecule has 0 unspecified atom stereocenters. The molecule has 6 rings (SSSR count). The van der Waals surface area contributed by atoms with Gasteiger partial charge in [-0.3, -0.25) is 0 Å². The zero-order valence-corrected chi connectivity index (χ0v) is 22.2. The maximum atomic E-state index is 14.4. The van der Waals surface area contributed by atoms with Crippen molar-refractivity contribution in [1.29, 1.82) is 0 Å². The molecular formula is C32H34FN5O. The highest BCUT2D eigenvalue weighted by atomic mass is 19.1. The summed E-state index contributed by atoms with van der Waals surface area (Å²) in [7, 11) is 1.76. The van der Waals surface area contributed by atoms with Gasteiger partial charge in [-0.1, -0.05) is 42.5 Å². The fourth-order valence-corrected chi connectivity index (χ4v) is 5.60. The Balaban J connectivity index is 1.33. The molecule has 39 heavy (non-hydrogen) atoms. The molecule has 0 spiro atoms. The number of nitrogens with zero attached hydrogens (tertiary/aromatic N) is 2. The highest BCUT2D eigenvalue weighted by molar-refractivity contribution is 6.03. The van der Waals surface area contributed by atoms with Gasteiger partial charge < -0.3 is 25.3 Å². The summed E-state index contributed by atoms with van der Waals surface area (Å²) in [6, 6.07) is 23.8. The van der Waals surface area contributed by atoms with E-state index in [2.05, 4.69) is 38.7 Å². The van der Waals surface area contributed by atoms with Crippen molar-refractivity contribution < 1.29 is 9.13 Å². The lowest BCUT2D eigenvalue weighted by Gasteiger charge is -2.32. The van der Waals surface area contributed by atoms with Crippen LogP contribution in [0.5, 0.6) is 0 Å². The van der Waals surface area contributed by atoms with Crippen LogP contribution in [0.4, 0.5) is 15.8 Å². The first-order chi connectivity index (χ1) is 19.2. The molecule has 0 atom stereocenters. The van der Waals surface area contributed by atoms with Crippen molar-refractivity contribution >= 4 is 22.5 Å². The molecule has 1 saturated heterocycles. The summed E-state index contributed by atoms with van der Waals surface area (Å²) in [5, 5.41) is 7.31. The second kappa shape index (κ2) is 11.4. The van der Waals surface area contributed by atoms with Crippen LogP contribution in [0.2, 0.25) is 0 Å². The third-order valence-electron chi connectivity index (χ3n) is 7.67. The van der Waals surface area contributed by atoms with E-state index in [4.69, 9.17) is 9.72 Å². The van der Waals surface area contributed by atoms with Gasteiger partial charge in [0.15, 0.2) is 0 Å². The minimum absolute atomic E-state index is 0.265. The van der Waals surface area contributed by atoms with E-state index < -0.39 is 0 Å². The van der Waals surface area contributed by atoms with E-state index in [1.54, 1.807) is 19.2 Å². The summed E-state index contributed by atoms with van der Waals surface area (Å²) in [6.07, 6.45) is 4.13. The van der Waals surface area contributed by atoms with E-state index in [0.717, 1.165) is 89.8 Å². The van der Waals surface area contributed by atoms with Gasteiger partial charge in [0.1, 0.15) is 11.6 Å². The lowest BCUT2D eigenvalue weighted by molar-refractivity contribution is 0.132. The number of H-pyrrole nitrogens is 1. The number of nitrogens with one attached hydrogen (secondary N) is 3. The molecule has 0 amide bonds. The first kappa shape index (κ1) is 25.3. The average molecular weight is 524 g/mol. The number of aromatic amines is 1. The van der Waals surface area contributed by atoms with Gasteiger partial charge in [-0.15, -0.1) is 0 Å². The fraction of sp³-hybridized carbons (Fsp3) is 0.281. The summed E-state index contributed by atoms with van der Waals surface area (Å²) >= 11 is 0. The molecule has 200 valence electrons. The molecule has 2 aliphatic heterocycles. The highest BCUT2D eigenvalue weighted by Gasteiger charge is 2.25. The van der Waals surface area contributed by atoms with E-state index in [9.17, 15) is 4.39 Å². The van der Waals surface area contributed by atoms with E-state index >= 15 is 0 Å². The monoisotopic (exact) mass is 523 g/mol. The van der Waals surface area contributed by atoms with Crippen LogP contribution < -0.4 is 10.6 Å². The van der Waals surface area contributed by atoms with E-state index in [1.165, 1.54) is 6.07 Å². The second-order valence-corrected chi connectivity index (χ2v) is 10.2. The lowest BCUT2D eigenvalue weighted by Crippen LogP contribution is -2.40. The standard InChI is InChI=1S/C32H34FN5O/c1-39-17-16-38-14-12-25(13-15-38)36-26-10-11-29-27(19-26)28(20-34-29)31(23-8-5-9-24(33)18-23)32-35-21-30(37-32)22-6-3-2-4-7-22/h2-11,18-19,21,25,34,36H,12-17,20H2,1H3,(H,35,37)/b31-28+. The van der Waals surface area contributed by atoms with Crippen LogP contribution in [-0.4, -0.2) is 60.8 Å². The summed E-state index contributed by atoms with van der Waals surface area (Å²) in [5.41, 5.74) is 8.01. The summed E-state index contributed by atoms with van der Waals surface area (Å²) < 4.78 is 19.7. The van der Waals surface area contributed by atoms with Crippen molar-refractivity contribution in [2.24, 2.45) is 0 Å². The molecule has 3 aromatic carbocycles. The van der Waals surface area contributed by atoms with Gasteiger partial charge in [-0.25, -0.2) is 9.37 Å². The average Bonchev–Trinajstić information content (AvgIpc) is 3.62. The first-order valence-corrected chi connectivity index (χ1v) is 13.6. The van der Waals surface area contributed by atoms with Crippen LogP contribution in [0.15, 0.2) is 79.0 Å². The van der Waals surface area contributed by atoms with Crippen LogP contribution >= 0.6 is 0 Å². The molecule has 3 N–H and O–H groups in total. The van der Waals surface area contributed by atoms with E-state index in [-0.39, 0.29) is 5.82 Å². The molecule has 2 aliphatic rings. The lowest BCUT2D eigenvalue weighted by atomic mass is 9.94. The molecule has 4 aromatic rings. The van der Waals surface area contributed by atoms with Crippen molar-refractivity contribution in [2.45, 2.75) is 18.9 Å². The number of benzene rings is 3. The van der Waals surface area contributed by atoms with Gasteiger partial charge in [-0.2, -0.15) is 0 Å². The molecular weight excluding hydrogens is 489 g/mol. The summed E-state index contributed by atoms with van der Waals surface area (Å²) in [5.74, 6) is 0.463. The van der Waals surface area contributed by atoms with Crippen LogP contribution in [0.1, 0.15) is 29.8 Å². The zero-order chi connectivity index (χ0) is 26.6. The third kappa shape index (κ3) is 5.60. The van der Waals surface area contributed by atoms with E-state index in [0.29, 0.717) is 12.6 Å². The topological polar surface area (TPSA) is 65.2 Å². The minimum atomic E-state index is -0.265. The van der Waals surface area contributed by atoms with Gasteiger partial charge >= 0.3 is 0 Å². The van der Waals surface area contributed by atoms with Gasteiger partial charge in [0, 0.05) is 73.6 Å². The maximum absolute atomic E-state index is 14.4. The number of halogens is 1. The number of ether oxygens (including phenoxy) is 1. The number of hydrogen-bond acceptors (Lipinski definition) is 5. The quantitative estimate of drug-likeness (QED) is 0.260. The smallest absolute Gasteiger partial charge is 0.139 e. The van der Waals surface area contributed by atoms with Crippen molar-refractivity contribution in [3.63, 3.8) is 0 Å². The number of likely N-dealkylation sites (tertiary alicyclic amines) is 1. The van der Waals surface area contributed by atoms with Crippen LogP contribution in [0.3, 0.4) is 0 Å². The summed E-state index contributed by atoms with van der Waals surface area (Å²) in [4.78, 5) is 10.8. The van der Waals surface area contributed by atoms with Crippen molar-refractivity contribution in [3.05, 3.63) is 102 Å².